The summed E-state index contributed by atoms with van der Waals surface area (Å²) in [6.07, 6.45) is 3.81. The molecule has 3 unspecified atom stereocenters. The minimum atomic E-state index is -0.268. The van der Waals surface area contributed by atoms with Gasteiger partial charge in [-0.2, -0.15) is 0 Å². The van der Waals surface area contributed by atoms with Gasteiger partial charge in [-0.1, -0.05) is 13.8 Å². The van der Waals surface area contributed by atoms with Crippen molar-refractivity contribution in [1.82, 2.24) is 0 Å². The van der Waals surface area contributed by atoms with Crippen LogP contribution in [0.15, 0.2) is 0 Å². The standard InChI is InChI=1S/C13H24O3/c1-13(2)5-3-11(14)12(7-13)16-9-10-4-6-15-8-10/h10-12,14H,3-9H2,1-2H3. The largest absolute Gasteiger partial charge is 0.390 e. The lowest BCUT2D eigenvalue weighted by Gasteiger charge is -2.38. The third kappa shape index (κ3) is 3.19. The first kappa shape index (κ1) is 12.3. The third-order valence-electron chi connectivity index (χ3n) is 3.87. The lowest BCUT2D eigenvalue weighted by molar-refractivity contribution is -0.0942. The maximum absolute atomic E-state index is 9.92. The average Bonchev–Trinajstić information content (AvgIpc) is 2.72. The van der Waals surface area contributed by atoms with E-state index >= 15 is 0 Å². The Labute approximate surface area is 98.1 Å². The Bertz CT molecular complexity index is 221. The second-order valence-corrected chi connectivity index (χ2v) is 6.08. The van der Waals surface area contributed by atoms with E-state index in [1.165, 1.54) is 0 Å². The molecule has 2 fully saturated rings. The third-order valence-corrected chi connectivity index (χ3v) is 3.87. The molecule has 0 bridgehead atoms. The first-order valence-corrected chi connectivity index (χ1v) is 6.44. The number of hydrogen-bond acceptors (Lipinski definition) is 3. The van der Waals surface area contributed by atoms with Crippen molar-refractivity contribution in [3.63, 3.8) is 0 Å². The molecule has 0 aromatic carbocycles. The van der Waals surface area contributed by atoms with Gasteiger partial charge in [0.15, 0.2) is 0 Å². The van der Waals surface area contributed by atoms with Crippen LogP contribution in [0.25, 0.3) is 0 Å². The van der Waals surface area contributed by atoms with Gasteiger partial charge in [-0.15, -0.1) is 0 Å². The Kier molecular flexibility index (Phi) is 3.88. The second kappa shape index (κ2) is 5.03. The van der Waals surface area contributed by atoms with Crippen molar-refractivity contribution in [2.24, 2.45) is 11.3 Å². The molecule has 1 aliphatic heterocycles. The fourth-order valence-corrected chi connectivity index (χ4v) is 2.65. The van der Waals surface area contributed by atoms with Crippen LogP contribution in [0.3, 0.4) is 0 Å². The van der Waals surface area contributed by atoms with Crippen molar-refractivity contribution in [2.75, 3.05) is 19.8 Å². The molecule has 3 atom stereocenters. The van der Waals surface area contributed by atoms with Gasteiger partial charge in [-0.3, -0.25) is 0 Å². The van der Waals surface area contributed by atoms with E-state index in [1.54, 1.807) is 0 Å². The van der Waals surface area contributed by atoms with Gasteiger partial charge < -0.3 is 14.6 Å². The fraction of sp³-hybridized carbons (Fsp3) is 1.00. The number of aliphatic hydroxyl groups excluding tert-OH is 1. The quantitative estimate of drug-likeness (QED) is 0.802. The molecule has 0 spiro atoms. The highest BCUT2D eigenvalue weighted by molar-refractivity contribution is 4.85. The predicted octanol–water partition coefficient (Wildman–Crippen LogP) is 1.98. The van der Waals surface area contributed by atoms with Crippen LogP contribution in [-0.4, -0.2) is 37.1 Å². The van der Waals surface area contributed by atoms with Gasteiger partial charge in [0.2, 0.25) is 0 Å². The van der Waals surface area contributed by atoms with Crippen LogP contribution < -0.4 is 0 Å². The number of aliphatic hydroxyl groups is 1. The van der Waals surface area contributed by atoms with Gasteiger partial charge in [-0.25, -0.2) is 0 Å². The summed E-state index contributed by atoms with van der Waals surface area (Å²) in [5.74, 6) is 0.539. The first-order chi connectivity index (χ1) is 7.57. The van der Waals surface area contributed by atoms with E-state index in [0.29, 0.717) is 11.3 Å². The van der Waals surface area contributed by atoms with Crippen LogP contribution >= 0.6 is 0 Å². The Morgan fingerprint density at radius 3 is 2.88 bits per heavy atom. The van der Waals surface area contributed by atoms with Gasteiger partial charge >= 0.3 is 0 Å². The van der Waals surface area contributed by atoms with Crippen molar-refractivity contribution in [3.05, 3.63) is 0 Å². The van der Waals surface area contributed by atoms with E-state index in [4.69, 9.17) is 9.47 Å². The molecule has 16 heavy (non-hydrogen) atoms. The zero-order valence-electron chi connectivity index (χ0n) is 10.4. The van der Waals surface area contributed by atoms with Crippen molar-refractivity contribution < 1.29 is 14.6 Å². The summed E-state index contributed by atoms with van der Waals surface area (Å²) in [5, 5.41) is 9.92. The van der Waals surface area contributed by atoms with Crippen LogP contribution in [0.2, 0.25) is 0 Å². The van der Waals surface area contributed by atoms with Gasteiger partial charge in [0.05, 0.1) is 25.4 Å². The summed E-state index contributed by atoms with van der Waals surface area (Å²) in [4.78, 5) is 0. The lowest BCUT2D eigenvalue weighted by Crippen LogP contribution is -2.40. The fourth-order valence-electron chi connectivity index (χ4n) is 2.65. The molecule has 2 aliphatic rings. The SMILES string of the molecule is CC1(C)CCC(O)C(OCC2CCOC2)C1. The van der Waals surface area contributed by atoms with E-state index in [2.05, 4.69) is 13.8 Å². The summed E-state index contributed by atoms with van der Waals surface area (Å²) in [5.41, 5.74) is 0.316. The summed E-state index contributed by atoms with van der Waals surface area (Å²) < 4.78 is 11.2. The molecule has 2 rings (SSSR count). The molecule has 1 aliphatic carbocycles. The molecule has 3 nitrogen and oxygen atoms in total. The van der Waals surface area contributed by atoms with Crippen LogP contribution in [-0.2, 0) is 9.47 Å². The minimum Gasteiger partial charge on any atom is -0.390 e. The zero-order chi connectivity index (χ0) is 11.6. The van der Waals surface area contributed by atoms with E-state index in [0.717, 1.165) is 45.5 Å². The molecule has 94 valence electrons. The highest BCUT2D eigenvalue weighted by Crippen LogP contribution is 2.36. The molecule has 1 saturated carbocycles. The van der Waals surface area contributed by atoms with Crippen LogP contribution in [0.4, 0.5) is 0 Å². The van der Waals surface area contributed by atoms with Crippen molar-refractivity contribution in [3.8, 4) is 0 Å². The summed E-state index contributed by atoms with van der Waals surface area (Å²) >= 11 is 0. The molecule has 0 aromatic heterocycles. The van der Waals surface area contributed by atoms with E-state index < -0.39 is 0 Å². The van der Waals surface area contributed by atoms with Gasteiger partial charge in [0, 0.05) is 12.5 Å². The summed E-state index contributed by atoms with van der Waals surface area (Å²) in [7, 11) is 0. The van der Waals surface area contributed by atoms with Gasteiger partial charge in [-0.05, 0) is 31.1 Å². The normalized spacial score (nSPS) is 38.8. The predicted molar refractivity (Wildman–Crippen MR) is 62.3 cm³/mol. The van der Waals surface area contributed by atoms with E-state index in [-0.39, 0.29) is 12.2 Å². The summed E-state index contributed by atoms with van der Waals surface area (Å²) in [6.45, 7) is 6.96. The Morgan fingerprint density at radius 1 is 1.38 bits per heavy atom. The molecule has 1 N–H and O–H groups in total. The second-order valence-electron chi connectivity index (χ2n) is 6.08. The number of hydrogen-bond donors (Lipinski definition) is 1. The first-order valence-electron chi connectivity index (χ1n) is 6.44. The lowest BCUT2D eigenvalue weighted by atomic mass is 9.75. The summed E-state index contributed by atoms with van der Waals surface area (Å²) in [6, 6.07) is 0. The maximum Gasteiger partial charge on any atom is 0.0839 e. The topological polar surface area (TPSA) is 38.7 Å². The number of ether oxygens (including phenoxy) is 2. The molecule has 0 radical (unpaired) electrons. The van der Waals surface area contributed by atoms with E-state index in [1.807, 2.05) is 0 Å². The molecular formula is C13H24O3. The Balaban J connectivity index is 1.78. The van der Waals surface area contributed by atoms with Crippen LogP contribution in [0.1, 0.15) is 39.5 Å². The minimum absolute atomic E-state index is 0.0318. The molecule has 1 heterocycles. The molecule has 1 saturated heterocycles. The highest BCUT2D eigenvalue weighted by Gasteiger charge is 2.35. The molecule has 3 heteroatoms. The zero-order valence-corrected chi connectivity index (χ0v) is 10.4. The molecule has 0 aromatic rings. The van der Waals surface area contributed by atoms with Gasteiger partial charge in [0.1, 0.15) is 0 Å². The molecule has 0 amide bonds. The highest BCUT2D eigenvalue weighted by atomic mass is 16.5. The van der Waals surface area contributed by atoms with E-state index in [9.17, 15) is 5.11 Å². The van der Waals surface area contributed by atoms with Crippen molar-refractivity contribution in [1.29, 1.82) is 0 Å². The monoisotopic (exact) mass is 228 g/mol. The Morgan fingerprint density at radius 2 is 2.19 bits per heavy atom. The van der Waals surface area contributed by atoms with Crippen molar-refractivity contribution in [2.45, 2.75) is 51.7 Å². The Hall–Kier alpha value is -0.120. The smallest absolute Gasteiger partial charge is 0.0839 e. The number of rotatable bonds is 3. The van der Waals surface area contributed by atoms with Gasteiger partial charge in [0.25, 0.3) is 0 Å². The van der Waals surface area contributed by atoms with Crippen LogP contribution in [0, 0.1) is 11.3 Å². The van der Waals surface area contributed by atoms with Crippen molar-refractivity contribution >= 4 is 0 Å². The average molecular weight is 228 g/mol. The van der Waals surface area contributed by atoms with Crippen LogP contribution in [0.5, 0.6) is 0 Å². The maximum atomic E-state index is 9.92. The molecular weight excluding hydrogens is 204 g/mol.